The van der Waals surface area contributed by atoms with E-state index in [0.29, 0.717) is 33.8 Å². The van der Waals surface area contributed by atoms with Gasteiger partial charge in [-0.3, -0.25) is 4.79 Å². The fourth-order valence-electron chi connectivity index (χ4n) is 2.25. The number of nitrogens with two attached hydrogens (primary N) is 1. The molecule has 1 aromatic carbocycles. The normalized spacial score (nSPS) is 15.6. The molecule has 0 radical (unpaired) electrons. The highest BCUT2D eigenvalue weighted by Gasteiger charge is 2.38. The molecule has 1 heterocycles. The van der Waals surface area contributed by atoms with Gasteiger partial charge in [0.15, 0.2) is 11.6 Å². The lowest BCUT2D eigenvalue weighted by Crippen LogP contribution is -2.44. The first kappa shape index (κ1) is 18.3. The second kappa shape index (κ2) is 7.66. The molecule has 0 unspecified atom stereocenters. The van der Waals surface area contributed by atoms with E-state index < -0.39 is 5.54 Å². The zero-order chi connectivity index (χ0) is 15.6. The second-order valence-electron chi connectivity index (χ2n) is 5.44. The minimum Gasteiger partial charge on any atom is -0.338 e. The first-order chi connectivity index (χ1) is 10.6. The number of halogens is 2. The molecule has 1 aromatic heterocycles. The van der Waals surface area contributed by atoms with Gasteiger partial charge in [-0.2, -0.15) is 4.98 Å². The van der Waals surface area contributed by atoms with Gasteiger partial charge in [0.25, 0.3) is 0 Å². The van der Waals surface area contributed by atoms with Crippen LogP contribution in [-0.4, -0.2) is 21.7 Å². The topological polar surface area (TPSA) is 82.0 Å². The summed E-state index contributed by atoms with van der Waals surface area (Å²) in [4.78, 5) is 16.3. The largest absolute Gasteiger partial charge is 0.338 e. The van der Waals surface area contributed by atoms with E-state index in [2.05, 4.69) is 10.1 Å². The van der Waals surface area contributed by atoms with Crippen molar-refractivity contribution in [3.05, 3.63) is 46.6 Å². The maximum absolute atomic E-state index is 12.0. The van der Waals surface area contributed by atoms with Gasteiger partial charge in [0, 0.05) is 10.6 Å². The van der Waals surface area contributed by atoms with Crippen LogP contribution >= 0.6 is 35.8 Å². The van der Waals surface area contributed by atoms with Gasteiger partial charge < -0.3 is 10.3 Å². The number of benzene rings is 1. The fourth-order valence-corrected chi connectivity index (χ4v) is 3.12. The van der Waals surface area contributed by atoms with Crippen molar-refractivity contribution < 1.29 is 9.32 Å². The number of thioether (sulfide) groups is 1. The summed E-state index contributed by atoms with van der Waals surface area (Å²) < 4.78 is 5.20. The summed E-state index contributed by atoms with van der Waals surface area (Å²) in [5.41, 5.74) is 6.39. The van der Waals surface area contributed by atoms with Crippen molar-refractivity contribution in [1.82, 2.24) is 10.1 Å². The summed E-state index contributed by atoms with van der Waals surface area (Å²) in [6, 6.07) is 6.88. The molecule has 1 fully saturated rings. The van der Waals surface area contributed by atoms with E-state index in [4.69, 9.17) is 21.9 Å². The quantitative estimate of drug-likeness (QED) is 0.778. The molecule has 0 aliphatic heterocycles. The van der Waals surface area contributed by atoms with Crippen LogP contribution in [0.2, 0.25) is 5.02 Å². The van der Waals surface area contributed by atoms with Gasteiger partial charge in [0.05, 0.1) is 17.0 Å². The number of ketones is 1. The SMILES string of the molecule is Cl.NC1(c2noc(CSCC(=O)c3ccc(Cl)cc3)n2)CCC1. The molecule has 0 bridgehead atoms. The molecule has 5 nitrogen and oxygen atoms in total. The minimum absolute atomic E-state index is 0. The number of carbonyl (C=O) groups is 1. The third kappa shape index (κ3) is 4.26. The summed E-state index contributed by atoms with van der Waals surface area (Å²) in [7, 11) is 0. The number of carbonyl (C=O) groups excluding carboxylic acids is 1. The number of aromatic nitrogens is 2. The van der Waals surface area contributed by atoms with Crippen LogP contribution in [0, 0.1) is 0 Å². The molecule has 0 saturated heterocycles. The molecule has 124 valence electrons. The highest BCUT2D eigenvalue weighted by molar-refractivity contribution is 7.99. The van der Waals surface area contributed by atoms with Crippen molar-refractivity contribution >= 4 is 41.6 Å². The van der Waals surface area contributed by atoms with Gasteiger partial charge in [0.1, 0.15) is 0 Å². The number of hydrogen-bond acceptors (Lipinski definition) is 6. The van der Waals surface area contributed by atoms with Crippen LogP contribution in [0.5, 0.6) is 0 Å². The molecule has 8 heteroatoms. The number of hydrogen-bond donors (Lipinski definition) is 1. The Kier molecular flexibility index (Phi) is 6.08. The lowest BCUT2D eigenvalue weighted by Gasteiger charge is -2.34. The van der Waals surface area contributed by atoms with Crippen molar-refractivity contribution in [3.8, 4) is 0 Å². The molecule has 1 aliphatic rings. The van der Waals surface area contributed by atoms with Gasteiger partial charge in [-0.05, 0) is 43.5 Å². The summed E-state index contributed by atoms with van der Waals surface area (Å²) >= 11 is 7.25. The first-order valence-corrected chi connectivity index (χ1v) is 8.58. The summed E-state index contributed by atoms with van der Waals surface area (Å²) in [5.74, 6) is 2.00. The van der Waals surface area contributed by atoms with Crippen molar-refractivity contribution in [2.24, 2.45) is 5.73 Å². The van der Waals surface area contributed by atoms with Crippen molar-refractivity contribution in [2.45, 2.75) is 30.6 Å². The van der Waals surface area contributed by atoms with E-state index in [0.717, 1.165) is 19.3 Å². The number of nitrogens with zero attached hydrogens (tertiary/aromatic N) is 2. The molecular weight excluding hydrogens is 357 g/mol. The molecule has 3 rings (SSSR count). The average Bonchev–Trinajstić information content (AvgIpc) is 2.94. The van der Waals surface area contributed by atoms with Crippen LogP contribution in [0.15, 0.2) is 28.8 Å². The monoisotopic (exact) mass is 373 g/mol. The van der Waals surface area contributed by atoms with E-state index in [1.54, 1.807) is 24.3 Å². The molecule has 1 aliphatic carbocycles. The molecule has 1 saturated carbocycles. The van der Waals surface area contributed by atoms with Crippen LogP contribution in [0.1, 0.15) is 41.3 Å². The highest BCUT2D eigenvalue weighted by Crippen LogP contribution is 2.37. The maximum atomic E-state index is 12.0. The average molecular weight is 374 g/mol. The lowest BCUT2D eigenvalue weighted by atomic mass is 9.77. The minimum atomic E-state index is -0.411. The summed E-state index contributed by atoms with van der Waals surface area (Å²) in [6.45, 7) is 0. The van der Waals surface area contributed by atoms with Crippen LogP contribution in [-0.2, 0) is 11.3 Å². The van der Waals surface area contributed by atoms with Gasteiger partial charge in [-0.15, -0.1) is 24.2 Å². The Labute approximate surface area is 149 Å². The smallest absolute Gasteiger partial charge is 0.236 e. The van der Waals surface area contributed by atoms with E-state index in [1.807, 2.05) is 0 Å². The molecule has 0 amide bonds. The van der Waals surface area contributed by atoms with Crippen molar-refractivity contribution in [3.63, 3.8) is 0 Å². The highest BCUT2D eigenvalue weighted by atomic mass is 35.5. The van der Waals surface area contributed by atoms with Crippen LogP contribution in [0.4, 0.5) is 0 Å². The molecule has 2 aromatic rings. The fraction of sp³-hybridized carbons (Fsp3) is 0.400. The van der Waals surface area contributed by atoms with Crippen LogP contribution < -0.4 is 5.73 Å². The molecule has 2 N–H and O–H groups in total. The van der Waals surface area contributed by atoms with Crippen LogP contribution in [0.25, 0.3) is 0 Å². The predicted molar refractivity (Wildman–Crippen MR) is 93.2 cm³/mol. The Morgan fingerprint density at radius 3 is 2.65 bits per heavy atom. The van der Waals surface area contributed by atoms with Gasteiger partial charge in [-0.1, -0.05) is 16.8 Å². The van der Waals surface area contributed by atoms with Crippen molar-refractivity contribution in [2.75, 3.05) is 5.75 Å². The van der Waals surface area contributed by atoms with E-state index in [-0.39, 0.29) is 18.2 Å². The zero-order valence-electron chi connectivity index (χ0n) is 12.3. The molecular formula is C15H17Cl2N3O2S. The Morgan fingerprint density at radius 2 is 2.04 bits per heavy atom. The van der Waals surface area contributed by atoms with E-state index >= 15 is 0 Å². The third-order valence-corrected chi connectivity index (χ3v) is 4.95. The maximum Gasteiger partial charge on any atom is 0.236 e. The van der Waals surface area contributed by atoms with Crippen molar-refractivity contribution in [1.29, 1.82) is 0 Å². The standard InChI is InChI=1S/C15H16ClN3O2S.ClH/c16-11-4-2-10(3-5-11)12(20)8-22-9-13-18-14(19-21-13)15(17)6-1-7-15;/h2-5H,1,6-9,17H2;1H. The van der Waals surface area contributed by atoms with Crippen LogP contribution in [0.3, 0.4) is 0 Å². The molecule has 0 atom stereocenters. The van der Waals surface area contributed by atoms with Gasteiger partial charge >= 0.3 is 0 Å². The third-order valence-electron chi connectivity index (χ3n) is 3.78. The Hall–Kier alpha value is -1.08. The lowest BCUT2D eigenvalue weighted by molar-refractivity contribution is 0.102. The van der Waals surface area contributed by atoms with Gasteiger partial charge in [0.2, 0.25) is 5.89 Å². The Balaban J connectivity index is 0.00000192. The van der Waals surface area contributed by atoms with E-state index in [1.165, 1.54) is 11.8 Å². The van der Waals surface area contributed by atoms with E-state index in [9.17, 15) is 4.79 Å². The summed E-state index contributed by atoms with van der Waals surface area (Å²) in [6.07, 6.45) is 2.90. The molecule has 0 spiro atoms. The number of rotatable bonds is 6. The first-order valence-electron chi connectivity index (χ1n) is 7.05. The number of Topliss-reactive ketones (excluding diaryl/α,β-unsaturated/α-hetero) is 1. The Bertz CT molecular complexity index is 672. The second-order valence-corrected chi connectivity index (χ2v) is 6.87. The zero-order valence-corrected chi connectivity index (χ0v) is 14.7. The molecule has 23 heavy (non-hydrogen) atoms. The predicted octanol–water partition coefficient (Wildman–Crippen LogP) is 3.60. The van der Waals surface area contributed by atoms with Gasteiger partial charge in [-0.25, -0.2) is 0 Å². The summed E-state index contributed by atoms with van der Waals surface area (Å²) in [5, 5.41) is 4.57. The Morgan fingerprint density at radius 1 is 1.35 bits per heavy atom.